The molecule has 1 N–H and O–H groups in total. The van der Waals surface area contributed by atoms with Crippen LogP contribution in [0.5, 0.6) is 11.5 Å². The number of likely N-dealkylation sites (N-methyl/N-ethyl adjacent to an activating group) is 1. The summed E-state index contributed by atoms with van der Waals surface area (Å²) in [5, 5.41) is 2.85. The van der Waals surface area contributed by atoms with Crippen LogP contribution in [0.25, 0.3) is 0 Å². The van der Waals surface area contributed by atoms with Gasteiger partial charge < -0.3 is 24.6 Å². The average molecular weight is 356 g/mol. The molecule has 0 atom stereocenters. The zero-order chi connectivity index (χ0) is 18.5. The average Bonchev–Trinajstić information content (AvgIpc) is 2.68. The molecule has 0 spiro atoms. The summed E-state index contributed by atoms with van der Waals surface area (Å²) in [5.41, 5.74) is 1.05. The summed E-state index contributed by atoms with van der Waals surface area (Å²) < 4.78 is 10.5. The molecule has 2 aromatic rings. The third-order valence-corrected chi connectivity index (χ3v) is 4.49. The minimum Gasteiger partial charge on any atom is -0.497 e. The number of rotatable bonds is 5. The van der Waals surface area contributed by atoms with Gasteiger partial charge in [-0.1, -0.05) is 0 Å². The van der Waals surface area contributed by atoms with Crippen LogP contribution in [0.2, 0.25) is 0 Å². The summed E-state index contributed by atoms with van der Waals surface area (Å²) in [7, 11) is 5.25. The van der Waals surface area contributed by atoms with Gasteiger partial charge in [0.05, 0.1) is 25.5 Å². The minimum atomic E-state index is -0.242. The Balaban J connectivity index is 1.70. The smallest absolute Gasteiger partial charge is 0.257 e. The highest BCUT2D eigenvalue weighted by molar-refractivity contribution is 6.05. The maximum absolute atomic E-state index is 12.5. The zero-order valence-corrected chi connectivity index (χ0v) is 15.4. The fourth-order valence-electron chi connectivity index (χ4n) is 2.85. The van der Waals surface area contributed by atoms with E-state index in [4.69, 9.17) is 9.47 Å². The molecule has 1 aromatic carbocycles. The highest BCUT2D eigenvalue weighted by Gasteiger charge is 2.16. The van der Waals surface area contributed by atoms with Gasteiger partial charge in [0.25, 0.3) is 5.91 Å². The largest absolute Gasteiger partial charge is 0.497 e. The molecule has 0 bridgehead atoms. The van der Waals surface area contributed by atoms with E-state index in [1.807, 2.05) is 6.07 Å². The van der Waals surface area contributed by atoms with Crippen LogP contribution < -0.4 is 19.7 Å². The Morgan fingerprint density at radius 3 is 2.46 bits per heavy atom. The van der Waals surface area contributed by atoms with Crippen molar-refractivity contribution in [1.82, 2.24) is 9.88 Å². The van der Waals surface area contributed by atoms with Crippen molar-refractivity contribution in [2.24, 2.45) is 0 Å². The lowest BCUT2D eigenvalue weighted by Gasteiger charge is -2.33. The van der Waals surface area contributed by atoms with E-state index in [0.29, 0.717) is 22.7 Å². The molecule has 0 aliphatic carbocycles. The standard InChI is InChI=1S/C19H24N4O3/c1-22-8-10-23(11-9-22)18-7-4-14(13-20-18)19(24)21-16-12-15(25-2)5-6-17(16)26-3/h4-7,12-13H,8-11H2,1-3H3,(H,21,24). The molecule has 2 heterocycles. The Morgan fingerprint density at radius 2 is 1.85 bits per heavy atom. The van der Waals surface area contributed by atoms with Crippen LogP contribution >= 0.6 is 0 Å². The first-order chi connectivity index (χ1) is 12.6. The van der Waals surface area contributed by atoms with Crippen LogP contribution in [0.4, 0.5) is 11.5 Å². The van der Waals surface area contributed by atoms with Crippen LogP contribution in [0.1, 0.15) is 10.4 Å². The summed E-state index contributed by atoms with van der Waals surface area (Å²) in [6.45, 7) is 3.91. The van der Waals surface area contributed by atoms with Crippen molar-refractivity contribution in [1.29, 1.82) is 0 Å². The number of benzene rings is 1. The number of amides is 1. The first-order valence-corrected chi connectivity index (χ1v) is 8.53. The van der Waals surface area contributed by atoms with Crippen molar-refractivity contribution in [3.63, 3.8) is 0 Å². The molecule has 3 rings (SSSR count). The lowest BCUT2D eigenvalue weighted by molar-refractivity contribution is 0.102. The van der Waals surface area contributed by atoms with Crippen molar-refractivity contribution in [3.05, 3.63) is 42.1 Å². The van der Waals surface area contributed by atoms with Crippen LogP contribution in [-0.2, 0) is 0 Å². The number of piperazine rings is 1. The lowest BCUT2D eigenvalue weighted by Crippen LogP contribution is -2.44. The van der Waals surface area contributed by atoms with Crippen LogP contribution in [0.3, 0.4) is 0 Å². The molecule has 1 amide bonds. The molecule has 0 unspecified atom stereocenters. The molecule has 1 aliphatic rings. The summed E-state index contributed by atoms with van der Waals surface area (Å²) >= 11 is 0. The van der Waals surface area contributed by atoms with E-state index in [1.165, 1.54) is 0 Å². The number of nitrogens with zero attached hydrogens (tertiary/aromatic N) is 3. The summed E-state index contributed by atoms with van der Waals surface area (Å²) in [4.78, 5) is 21.5. The molecule has 1 aromatic heterocycles. The van der Waals surface area contributed by atoms with E-state index in [9.17, 15) is 4.79 Å². The van der Waals surface area contributed by atoms with E-state index in [2.05, 4.69) is 27.1 Å². The summed E-state index contributed by atoms with van der Waals surface area (Å²) in [5.74, 6) is 1.87. The third kappa shape index (κ3) is 4.05. The van der Waals surface area contributed by atoms with E-state index in [-0.39, 0.29) is 5.91 Å². The lowest BCUT2D eigenvalue weighted by atomic mass is 10.2. The molecule has 7 heteroatoms. The zero-order valence-electron chi connectivity index (χ0n) is 15.4. The fourth-order valence-corrected chi connectivity index (χ4v) is 2.85. The molecule has 1 aliphatic heterocycles. The Morgan fingerprint density at radius 1 is 1.08 bits per heavy atom. The van der Waals surface area contributed by atoms with Crippen molar-refractivity contribution in [2.45, 2.75) is 0 Å². The Kier molecular flexibility index (Phi) is 5.58. The van der Waals surface area contributed by atoms with E-state index >= 15 is 0 Å². The fraction of sp³-hybridized carbons (Fsp3) is 0.368. The van der Waals surface area contributed by atoms with Gasteiger partial charge in [0.15, 0.2) is 0 Å². The second kappa shape index (κ2) is 8.05. The number of nitrogens with one attached hydrogen (secondary N) is 1. The number of hydrogen-bond donors (Lipinski definition) is 1. The van der Waals surface area contributed by atoms with Gasteiger partial charge in [-0.3, -0.25) is 4.79 Å². The molecule has 1 fully saturated rings. The quantitative estimate of drug-likeness (QED) is 0.885. The molecular weight excluding hydrogens is 332 g/mol. The Labute approximate surface area is 153 Å². The van der Waals surface area contributed by atoms with Gasteiger partial charge in [0.1, 0.15) is 17.3 Å². The summed E-state index contributed by atoms with van der Waals surface area (Å²) in [6.07, 6.45) is 1.61. The first-order valence-electron chi connectivity index (χ1n) is 8.53. The highest BCUT2D eigenvalue weighted by Crippen LogP contribution is 2.29. The van der Waals surface area contributed by atoms with Crippen molar-refractivity contribution in [3.8, 4) is 11.5 Å². The maximum atomic E-state index is 12.5. The first kappa shape index (κ1) is 18.0. The van der Waals surface area contributed by atoms with Gasteiger partial charge in [0.2, 0.25) is 0 Å². The Bertz CT molecular complexity index is 756. The monoisotopic (exact) mass is 356 g/mol. The van der Waals surface area contributed by atoms with Gasteiger partial charge in [-0.25, -0.2) is 4.98 Å². The van der Waals surface area contributed by atoms with Crippen molar-refractivity contribution >= 4 is 17.4 Å². The second-order valence-corrected chi connectivity index (χ2v) is 6.22. The molecule has 7 nitrogen and oxygen atoms in total. The topological polar surface area (TPSA) is 66.9 Å². The van der Waals surface area contributed by atoms with Crippen LogP contribution in [0, 0.1) is 0 Å². The van der Waals surface area contributed by atoms with E-state index < -0.39 is 0 Å². The van der Waals surface area contributed by atoms with E-state index in [1.54, 1.807) is 44.7 Å². The maximum Gasteiger partial charge on any atom is 0.257 e. The number of pyridine rings is 1. The van der Waals surface area contributed by atoms with Gasteiger partial charge >= 0.3 is 0 Å². The van der Waals surface area contributed by atoms with Gasteiger partial charge in [-0.05, 0) is 31.3 Å². The number of carbonyl (C=O) groups excluding carboxylic acids is 1. The number of anilines is 2. The Hall–Kier alpha value is -2.80. The van der Waals surface area contributed by atoms with Gasteiger partial charge in [-0.2, -0.15) is 0 Å². The van der Waals surface area contributed by atoms with E-state index in [0.717, 1.165) is 32.0 Å². The second-order valence-electron chi connectivity index (χ2n) is 6.22. The SMILES string of the molecule is COc1ccc(OC)c(NC(=O)c2ccc(N3CCN(C)CC3)nc2)c1. The highest BCUT2D eigenvalue weighted by atomic mass is 16.5. The number of hydrogen-bond acceptors (Lipinski definition) is 6. The van der Waals surface area contributed by atoms with Crippen molar-refractivity contribution in [2.75, 3.05) is 57.7 Å². The predicted octanol–water partition coefficient (Wildman–Crippen LogP) is 2.10. The molecule has 138 valence electrons. The summed E-state index contributed by atoms with van der Waals surface area (Å²) in [6, 6.07) is 8.94. The molecule has 1 saturated heterocycles. The number of carbonyl (C=O) groups is 1. The molecular formula is C19H24N4O3. The third-order valence-electron chi connectivity index (χ3n) is 4.49. The number of methoxy groups -OCH3 is 2. The normalized spacial score (nSPS) is 14.8. The molecule has 0 saturated carbocycles. The van der Waals surface area contributed by atoms with Gasteiger partial charge in [0, 0.05) is 38.4 Å². The molecule has 26 heavy (non-hydrogen) atoms. The van der Waals surface area contributed by atoms with Crippen LogP contribution in [-0.4, -0.2) is 63.2 Å². The van der Waals surface area contributed by atoms with Crippen molar-refractivity contribution < 1.29 is 14.3 Å². The number of ether oxygens (including phenoxy) is 2. The molecule has 0 radical (unpaired) electrons. The van der Waals surface area contributed by atoms with Crippen LogP contribution in [0.15, 0.2) is 36.5 Å². The minimum absolute atomic E-state index is 0.242. The van der Waals surface area contributed by atoms with Gasteiger partial charge in [-0.15, -0.1) is 0 Å². The number of aromatic nitrogens is 1. The predicted molar refractivity (Wildman–Crippen MR) is 101 cm³/mol.